The minimum atomic E-state index is -1.11. The lowest BCUT2D eigenvalue weighted by atomic mass is 9.82. The number of carbonyl (C=O) groups is 1. The van der Waals surface area contributed by atoms with E-state index in [0.29, 0.717) is 23.8 Å². The lowest BCUT2D eigenvalue weighted by Crippen LogP contribution is -2.39. The maximum Gasteiger partial charge on any atom is 0.337 e. The van der Waals surface area contributed by atoms with Gasteiger partial charge in [-0.15, -0.1) is 0 Å². The molecule has 1 aliphatic rings. The molecule has 0 unspecified atom stereocenters. The number of aliphatic carboxylic acids is 1. The molecule has 3 rings (SSSR count). The second-order valence-corrected chi connectivity index (χ2v) is 12.2. The van der Waals surface area contributed by atoms with Gasteiger partial charge in [0.2, 0.25) is 0 Å². The molecular weight excluding hydrogens is 452 g/mol. The third-order valence-corrected chi connectivity index (χ3v) is 6.81. The van der Waals surface area contributed by atoms with Gasteiger partial charge in [0, 0.05) is 36.1 Å². The fourth-order valence-electron chi connectivity index (χ4n) is 4.54. The van der Waals surface area contributed by atoms with Gasteiger partial charge in [-0.25, -0.2) is 4.79 Å². The molecule has 0 aliphatic carbocycles. The summed E-state index contributed by atoms with van der Waals surface area (Å²) in [5, 5.41) is 10.3. The number of piperidine rings is 1. The van der Waals surface area contributed by atoms with Crippen molar-refractivity contribution in [1.29, 1.82) is 0 Å². The second-order valence-electron chi connectivity index (χ2n) is 12.2. The third-order valence-electron chi connectivity index (χ3n) is 6.81. The maximum atomic E-state index is 12.5. The van der Waals surface area contributed by atoms with Crippen LogP contribution in [0, 0.1) is 18.3 Å². The van der Waals surface area contributed by atoms with Gasteiger partial charge in [0.05, 0.1) is 17.9 Å². The third kappa shape index (κ3) is 7.22. The van der Waals surface area contributed by atoms with Crippen LogP contribution in [0.4, 0.5) is 5.69 Å². The average Bonchev–Trinajstić information content (AvgIpc) is 2.77. The van der Waals surface area contributed by atoms with Crippen molar-refractivity contribution < 1.29 is 19.4 Å². The summed E-state index contributed by atoms with van der Waals surface area (Å²) in [6, 6.07) is 8.05. The van der Waals surface area contributed by atoms with Crippen molar-refractivity contribution in [3.8, 4) is 16.9 Å². The van der Waals surface area contributed by atoms with Crippen LogP contribution in [0.3, 0.4) is 0 Å². The van der Waals surface area contributed by atoms with Crippen molar-refractivity contribution in [2.75, 3.05) is 24.6 Å². The topological polar surface area (TPSA) is 71.9 Å². The van der Waals surface area contributed by atoms with E-state index in [9.17, 15) is 9.90 Å². The van der Waals surface area contributed by atoms with Crippen molar-refractivity contribution in [3.63, 3.8) is 0 Å². The summed E-state index contributed by atoms with van der Waals surface area (Å²) in [6.07, 6.45) is 3.84. The summed E-state index contributed by atoms with van der Waals surface area (Å²) >= 11 is 0. The summed E-state index contributed by atoms with van der Waals surface area (Å²) in [4.78, 5) is 19.5. The Balaban J connectivity index is 2.09. The van der Waals surface area contributed by atoms with Crippen molar-refractivity contribution >= 4 is 11.7 Å². The van der Waals surface area contributed by atoms with Crippen LogP contribution in [-0.4, -0.2) is 41.4 Å². The quantitative estimate of drug-likeness (QED) is 0.401. The lowest BCUT2D eigenvalue weighted by molar-refractivity contribution is -0.160. The number of hydrogen-bond acceptors (Lipinski definition) is 5. The molecule has 1 atom stereocenters. The van der Waals surface area contributed by atoms with Crippen LogP contribution < -0.4 is 9.64 Å². The van der Waals surface area contributed by atoms with Crippen molar-refractivity contribution in [3.05, 3.63) is 41.7 Å². The fourth-order valence-corrected chi connectivity index (χ4v) is 4.54. The first-order chi connectivity index (χ1) is 16.8. The predicted octanol–water partition coefficient (Wildman–Crippen LogP) is 7.05. The van der Waals surface area contributed by atoms with Crippen LogP contribution in [-0.2, 0) is 9.53 Å². The van der Waals surface area contributed by atoms with Crippen LogP contribution >= 0.6 is 0 Å². The number of pyridine rings is 1. The highest BCUT2D eigenvalue weighted by Crippen LogP contribution is 2.43. The molecule has 1 aromatic carbocycles. The Kier molecular flexibility index (Phi) is 8.71. The molecule has 0 bridgehead atoms. The lowest BCUT2D eigenvalue weighted by Gasteiger charge is -2.41. The molecule has 1 aromatic heterocycles. The monoisotopic (exact) mass is 496 g/mol. The molecule has 6 heteroatoms. The first-order valence-corrected chi connectivity index (χ1v) is 13.2. The number of anilines is 1. The molecule has 6 nitrogen and oxygen atoms in total. The molecule has 2 heterocycles. The van der Waals surface area contributed by atoms with Crippen LogP contribution in [0.5, 0.6) is 5.75 Å². The molecule has 36 heavy (non-hydrogen) atoms. The van der Waals surface area contributed by atoms with Gasteiger partial charge in [0.15, 0.2) is 6.10 Å². The zero-order valence-corrected chi connectivity index (χ0v) is 23.4. The minimum Gasteiger partial charge on any atom is -0.494 e. The smallest absolute Gasteiger partial charge is 0.337 e. The Labute approximate surface area is 217 Å². The van der Waals surface area contributed by atoms with Gasteiger partial charge in [0.1, 0.15) is 5.75 Å². The Bertz CT molecular complexity index is 1030. The summed E-state index contributed by atoms with van der Waals surface area (Å²) in [5.74, 6) is 0.427. The van der Waals surface area contributed by atoms with E-state index in [2.05, 4.69) is 37.6 Å². The number of ether oxygens (including phenoxy) is 2. The Morgan fingerprint density at radius 2 is 1.75 bits per heavy atom. The number of aryl methyl sites for hydroxylation is 1. The van der Waals surface area contributed by atoms with E-state index in [1.54, 1.807) is 0 Å². The van der Waals surface area contributed by atoms with Gasteiger partial charge in [-0.05, 0) is 76.0 Å². The molecule has 0 amide bonds. The highest BCUT2D eigenvalue weighted by atomic mass is 16.5. The fraction of sp³-hybridized carbons (Fsp3) is 0.600. The van der Waals surface area contributed by atoms with Crippen LogP contribution in [0.25, 0.3) is 11.1 Å². The zero-order chi connectivity index (χ0) is 26.7. The highest BCUT2D eigenvalue weighted by molar-refractivity contribution is 5.86. The summed E-state index contributed by atoms with van der Waals surface area (Å²) in [6.45, 7) is 18.9. The summed E-state index contributed by atoms with van der Waals surface area (Å²) in [7, 11) is 0. The zero-order valence-electron chi connectivity index (χ0n) is 23.4. The molecule has 0 saturated carbocycles. The van der Waals surface area contributed by atoms with Gasteiger partial charge >= 0.3 is 5.97 Å². The van der Waals surface area contributed by atoms with E-state index < -0.39 is 17.7 Å². The normalized spacial score (nSPS) is 16.8. The number of nitrogens with zero attached hydrogens (tertiary/aromatic N) is 2. The molecule has 2 aromatic rings. The Hall–Kier alpha value is -2.60. The number of rotatable bonds is 9. The largest absolute Gasteiger partial charge is 0.494 e. The summed E-state index contributed by atoms with van der Waals surface area (Å²) < 4.78 is 12.0. The van der Waals surface area contributed by atoms with Crippen molar-refractivity contribution in [1.82, 2.24) is 4.98 Å². The van der Waals surface area contributed by atoms with E-state index in [-0.39, 0.29) is 5.41 Å². The first kappa shape index (κ1) is 28.0. The van der Waals surface area contributed by atoms with Gasteiger partial charge in [-0.2, -0.15) is 0 Å². The number of benzene rings is 1. The van der Waals surface area contributed by atoms with Gasteiger partial charge in [0.25, 0.3) is 0 Å². The predicted molar refractivity (Wildman–Crippen MR) is 146 cm³/mol. The first-order valence-electron chi connectivity index (χ1n) is 13.2. The summed E-state index contributed by atoms with van der Waals surface area (Å²) in [5.41, 5.74) is 3.80. The Morgan fingerprint density at radius 1 is 1.14 bits per heavy atom. The van der Waals surface area contributed by atoms with Gasteiger partial charge < -0.3 is 19.5 Å². The van der Waals surface area contributed by atoms with Crippen molar-refractivity contribution in [2.45, 2.75) is 86.4 Å². The maximum absolute atomic E-state index is 12.5. The molecular formula is C30H44N2O4. The molecule has 0 spiro atoms. The second kappa shape index (κ2) is 11.2. The van der Waals surface area contributed by atoms with E-state index in [1.165, 1.54) is 0 Å². The SMILES string of the molecule is Cc1ncc(-c2ccc(OCCC(C)C)cc2)c(N2CCC(C)(C)CC2)c1[C@H](OC(C)(C)C)C(=O)O. The number of hydrogen-bond donors (Lipinski definition) is 1. The van der Waals surface area contributed by atoms with Gasteiger partial charge in [-0.1, -0.05) is 39.8 Å². The molecule has 0 radical (unpaired) electrons. The molecule has 1 saturated heterocycles. The molecule has 1 fully saturated rings. The van der Waals surface area contributed by atoms with Gasteiger partial charge in [-0.3, -0.25) is 4.98 Å². The van der Waals surface area contributed by atoms with E-state index in [4.69, 9.17) is 9.47 Å². The minimum absolute atomic E-state index is 0.266. The van der Waals surface area contributed by atoms with E-state index >= 15 is 0 Å². The van der Waals surface area contributed by atoms with Crippen LogP contribution in [0.2, 0.25) is 0 Å². The van der Waals surface area contributed by atoms with E-state index in [1.807, 2.05) is 58.2 Å². The number of carboxylic acid groups (broad SMARTS) is 1. The standard InChI is InChI=1S/C30H44N2O4/c1-20(2)13-18-35-23-11-9-22(10-12-23)24-19-31-21(3)25(27(28(33)34)36-29(4,5)6)26(24)32-16-14-30(7,8)15-17-32/h9-12,19-20,27H,13-18H2,1-8H3,(H,33,34)/t27-/m0/s1. The highest BCUT2D eigenvalue weighted by Gasteiger charge is 2.35. The van der Waals surface area contributed by atoms with Crippen LogP contribution in [0.1, 0.15) is 85.1 Å². The molecule has 198 valence electrons. The number of aromatic nitrogens is 1. The Morgan fingerprint density at radius 3 is 2.28 bits per heavy atom. The van der Waals surface area contributed by atoms with Crippen molar-refractivity contribution in [2.24, 2.45) is 11.3 Å². The van der Waals surface area contributed by atoms with E-state index in [0.717, 1.165) is 54.9 Å². The van der Waals surface area contributed by atoms with Crippen LogP contribution in [0.15, 0.2) is 30.5 Å². The molecule has 1 aliphatic heterocycles. The molecule has 1 N–H and O–H groups in total. The number of carboxylic acids is 1. The average molecular weight is 497 g/mol.